The summed E-state index contributed by atoms with van der Waals surface area (Å²) in [6.45, 7) is 0.642. The second-order valence-electron chi connectivity index (χ2n) is 10.3. The quantitative estimate of drug-likeness (QED) is 0.130. The van der Waals surface area contributed by atoms with Crippen LogP contribution in [0.15, 0.2) is 72.8 Å². The summed E-state index contributed by atoms with van der Waals surface area (Å²) >= 11 is 0. The molecule has 0 fully saturated rings. The first kappa shape index (κ1) is 37.1. The van der Waals surface area contributed by atoms with Gasteiger partial charge in [-0.2, -0.15) is 39.5 Å². The van der Waals surface area contributed by atoms with Gasteiger partial charge in [-0.25, -0.2) is 0 Å². The molecule has 238 valence electrons. The molecular formula is C31H34BrF9NP. The Balaban J connectivity index is 0.00000645. The zero-order valence-electron chi connectivity index (χ0n) is 23.3. The van der Waals surface area contributed by atoms with Crippen LogP contribution in [0.1, 0.15) is 68.1 Å². The molecule has 0 aliphatic heterocycles. The summed E-state index contributed by atoms with van der Waals surface area (Å²) < 4.78 is 120. The fourth-order valence-electron chi connectivity index (χ4n) is 5.10. The van der Waals surface area contributed by atoms with E-state index in [0.29, 0.717) is 35.0 Å². The van der Waals surface area contributed by atoms with Crippen molar-refractivity contribution in [3.05, 3.63) is 89.5 Å². The average molecular weight is 702 g/mol. The van der Waals surface area contributed by atoms with Gasteiger partial charge in [0.05, 0.1) is 22.9 Å². The van der Waals surface area contributed by atoms with Crippen molar-refractivity contribution in [3.63, 3.8) is 0 Å². The topological polar surface area (TPSA) is 26.0 Å². The van der Waals surface area contributed by atoms with Crippen LogP contribution < -0.4 is 38.6 Å². The molecule has 0 heterocycles. The highest BCUT2D eigenvalue weighted by molar-refractivity contribution is 7.95. The number of hydrogen-bond acceptors (Lipinski definition) is 1. The van der Waals surface area contributed by atoms with Crippen LogP contribution in [-0.2, 0) is 18.5 Å². The smallest absolute Gasteiger partial charge is 0.416 e. The fraction of sp³-hybridized carbons (Fsp3) is 0.419. The summed E-state index contributed by atoms with van der Waals surface area (Å²) in [6.07, 6.45) is -6.14. The van der Waals surface area contributed by atoms with Crippen molar-refractivity contribution in [2.45, 2.75) is 69.9 Å². The van der Waals surface area contributed by atoms with Gasteiger partial charge in [-0.05, 0) is 98.6 Å². The molecule has 3 aromatic rings. The first-order chi connectivity index (χ1) is 19.7. The van der Waals surface area contributed by atoms with E-state index in [1.807, 2.05) is 0 Å². The normalized spacial score (nSPS) is 12.7. The lowest BCUT2D eigenvalue weighted by molar-refractivity contribution is -0.138. The van der Waals surface area contributed by atoms with Crippen molar-refractivity contribution in [2.75, 3.05) is 12.7 Å². The molecule has 3 rings (SSSR count). The predicted octanol–water partition coefficient (Wildman–Crippen LogP) is 6.12. The molecule has 0 aliphatic rings. The van der Waals surface area contributed by atoms with E-state index in [1.165, 1.54) is 36.4 Å². The maximum Gasteiger partial charge on any atom is 0.416 e. The minimum absolute atomic E-state index is 0. The average Bonchev–Trinajstić information content (AvgIpc) is 2.93. The lowest BCUT2D eigenvalue weighted by atomic mass is 10.1. The monoisotopic (exact) mass is 701 g/mol. The molecule has 0 bridgehead atoms. The zero-order chi connectivity index (χ0) is 31.0. The zero-order valence-corrected chi connectivity index (χ0v) is 25.8. The number of benzene rings is 3. The van der Waals surface area contributed by atoms with Gasteiger partial charge >= 0.3 is 18.5 Å². The lowest BCUT2D eigenvalue weighted by Crippen LogP contribution is -3.00. The molecule has 0 saturated carbocycles. The molecule has 3 aromatic carbocycles. The number of rotatable bonds is 13. The van der Waals surface area contributed by atoms with E-state index in [1.54, 1.807) is 0 Å². The van der Waals surface area contributed by atoms with Crippen LogP contribution in [0.2, 0.25) is 0 Å². The third kappa shape index (κ3) is 9.95. The largest absolute Gasteiger partial charge is 1.00 e. The molecule has 0 saturated heterocycles. The highest BCUT2D eigenvalue weighted by Crippen LogP contribution is 2.56. The van der Waals surface area contributed by atoms with Crippen molar-refractivity contribution in [1.29, 1.82) is 0 Å². The number of hydrogen-bond donors (Lipinski definition) is 1. The van der Waals surface area contributed by atoms with E-state index in [0.717, 1.165) is 81.3 Å². The maximum atomic E-state index is 13.4. The Morgan fingerprint density at radius 3 is 0.930 bits per heavy atom. The Bertz CT molecular complexity index is 1100. The summed E-state index contributed by atoms with van der Waals surface area (Å²) in [5.74, 6) is 0. The predicted molar refractivity (Wildman–Crippen MR) is 151 cm³/mol. The van der Waals surface area contributed by atoms with Gasteiger partial charge in [-0.3, -0.25) is 0 Å². The van der Waals surface area contributed by atoms with E-state index < -0.39 is 42.5 Å². The van der Waals surface area contributed by atoms with E-state index in [4.69, 9.17) is 5.73 Å². The Morgan fingerprint density at radius 2 is 0.674 bits per heavy atom. The van der Waals surface area contributed by atoms with Gasteiger partial charge in [0, 0.05) is 0 Å². The van der Waals surface area contributed by atoms with E-state index in [-0.39, 0.29) is 17.0 Å². The molecule has 43 heavy (non-hydrogen) atoms. The Morgan fingerprint density at radius 1 is 0.419 bits per heavy atom. The number of halogens is 10. The highest BCUT2D eigenvalue weighted by Gasteiger charge is 2.46. The molecule has 0 aliphatic carbocycles. The first-order valence-corrected chi connectivity index (χ1v) is 15.8. The van der Waals surface area contributed by atoms with Gasteiger partial charge in [0.15, 0.2) is 0 Å². The second kappa shape index (κ2) is 15.8. The highest BCUT2D eigenvalue weighted by atomic mass is 79.9. The molecule has 1 nitrogen and oxygen atoms in total. The molecule has 0 spiro atoms. The van der Waals surface area contributed by atoms with Gasteiger partial charge in [-0.1, -0.05) is 32.1 Å². The van der Waals surface area contributed by atoms with Crippen LogP contribution in [0.3, 0.4) is 0 Å². The molecular weight excluding hydrogens is 668 g/mol. The molecule has 0 radical (unpaired) electrons. The van der Waals surface area contributed by atoms with E-state index in [2.05, 4.69) is 0 Å². The number of unbranched alkanes of at least 4 members (excludes halogenated alkanes) is 7. The van der Waals surface area contributed by atoms with Crippen molar-refractivity contribution >= 4 is 23.2 Å². The summed E-state index contributed by atoms with van der Waals surface area (Å²) in [5.41, 5.74) is 2.85. The maximum absolute atomic E-state index is 13.4. The Hall–Kier alpha value is -2.10. The summed E-state index contributed by atoms with van der Waals surface area (Å²) in [6, 6.07) is 13.4. The van der Waals surface area contributed by atoms with Crippen molar-refractivity contribution < 1.29 is 56.5 Å². The van der Waals surface area contributed by atoms with Gasteiger partial charge in [0.1, 0.15) is 23.2 Å². The number of nitrogens with two attached hydrogens (primary N) is 1. The standard InChI is InChI=1S/C31H34F9NP.BrH/c32-29(33,34)23-9-15-26(16-10-23)42(22-8-6-4-2-1-3-5-7-21-41,27-17-11-24(12-18-27)30(35,36)37)28-19-13-25(14-20-28)31(38,39)40;/h9-20H,1-8,21-22,41H2;1H/q+1;/p-1. The van der Waals surface area contributed by atoms with Gasteiger partial charge in [-0.15, -0.1) is 0 Å². The summed E-state index contributed by atoms with van der Waals surface area (Å²) in [7, 11) is -2.96. The van der Waals surface area contributed by atoms with Gasteiger partial charge < -0.3 is 22.7 Å². The Labute approximate surface area is 257 Å². The van der Waals surface area contributed by atoms with Gasteiger partial charge in [0.2, 0.25) is 0 Å². The van der Waals surface area contributed by atoms with Crippen LogP contribution >= 0.6 is 7.26 Å². The van der Waals surface area contributed by atoms with Crippen molar-refractivity contribution in [2.24, 2.45) is 5.73 Å². The van der Waals surface area contributed by atoms with Crippen molar-refractivity contribution in [3.8, 4) is 0 Å². The minimum Gasteiger partial charge on any atom is -1.00 e. The SMILES string of the molecule is NCCCCCCCCCC[P+](c1ccc(C(F)(F)F)cc1)(c1ccc(C(F)(F)F)cc1)c1ccc(C(F)(F)F)cc1.[Br-]. The third-order valence-corrected chi connectivity index (χ3v) is 11.9. The summed E-state index contributed by atoms with van der Waals surface area (Å²) in [4.78, 5) is 0. The minimum atomic E-state index is -4.60. The molecule has 12 heteroatoms. The van der Waals surface area contributed by atoms with Crippen LogP contribution in [0.25, 0.3) is 0 Å². The second-order valence-corrected chi connectivity index (χ2v) is 13.9. The molecule has 2 N–H and O–H groups in total. The molecule has 0 atom stereocenters. The van der Waals surface area contributed by atoms with E-state index >= 15 is 0 Å². The number of alkyl halides is 9. The van der Waals surface area contributed by atoms with Crippen LogP contribution in [-0.4, -0.2) is 12.7 Å². The Kier molecular flexibility index (Phi) is 13.6. The van der Waals surface area contributed by atoms with Crippen LogP contribution in [0, 0.1) is 0 Å². The fourth-order valence-corrected chi connectivity index (χ4v) is 9.44. The third-order valence-electron chi connectivity index (χ3n) is 7.35. The van der Waals surface area contributed by atoms with Crippen molar-refractivity contribution in [1.82, 2.24) is 0 Å². The van der Waals surface area contributed by atoms with E-state index in [9.17, 15) is 39.5 Å². The summed E-state index contributed by atoms with van der Waals surface area (Å²) in [5, 5.41) is 1.37. The van der Waals surface area contributed by atoms with Crippen LogP contribution in [0.4, 0.5) is 39.5 Å². The lowest BCUT2D eigenvalue weighted by Gasteiger charge is -2.28. The molecule has 0 aromatic heterocycles. The first-order valence-electron chi connectivity index (χ1n) is 13.8. The molecule has 0 unspecified atom stereocenters. The molecule has 0 amide bonds. The van der Waals surface area contributed by atoms with Crippen LogP contribution in [0.5, 0.6) is 0 Å². The van der Waals surface area contributed by atoms with Gasteiger partial charge in [0.25, 0.3) is 0 Å².